The second kappa shape index (κ2) is 10.5. The minimum Gasteiger partial charge on any atom is -0.338 e. The Morgan fingerprint density at radius 2 is 0.913 bits per heavy atom. The van der Waals surface area contributed by atoms with E-state index in [9.17, 15) is 0 Å². The van der Waals surface area contributed by atoms with Crippen molar-refractivity contribution >= 4 is 54.1 Å². The lowest BCUT2D eigenvalue weighted by molar-refractivity contribution is 0.642. The van der Waals surface area contributed by atoms with Crippen molar-refractivity contribution in [3.05, 3.63) is 158 Å². The molecular weight excluding hydrogens is 555 g/mol. The lowest BCUT2D eigenvalue weighted by Gasteiger charge is -2.19. The van der Waals surface area contributed by atoms with Crippen LogP contribution in [0.25, 0.3) is 87.5 Å². The third kappa shape index (κ3) is 4.02. The van der Waals surface area contributed by atoms with Gasteiger partial charge in [-0.25, -0.2) is 0 Å². The molecule has 0 saturated carbocycles. The molecular formula is C45H33N. The maximum Gasteiger partial charge on any atom is 0.0500 e. The van der Waals surface area contributed by atoms with Gasteiger partial charge in [0.15, 0.2) is 0 Å². The molecule has 1 heteroatoms. The summed E-state index contributed by atoms with van der Waals surface area (Å²) >= 11 is 0. The molecule has 0 bridgehead atoms. The van der Waals surface area contributed by atoms with Crippen molar-refractivity contribution in [1.82, 2.24) is 4.57 Å². The van der Waals surface area contributed by atoms with Crippen molar-refractivity contribution in [1.29, 1.82) is 0 Å². The minimum absolute atomic E-state index is 0.323. The number of rotatable bonds is 4. The van der Waals surface area contributed by atoms with Gasteiger partial charge in [-0.1, -0.05) is 140 Å². The highest BCUT2D eigenvalue weighted by Gasteiger charge is 2.20. The van der Waals surface area contributed by atoms with Gasteiger partial charge < -0.3 is 4.57 Å². The molecule has 1 nitrogen and oxygen atoms in total. The smallest absolute Gasteiger partial charge is 0.0500 e. The quantitative estimate of drug-likeness (QED) is 0.181. The topological polar surface area (TPSA) is 4.93 Å². The zero-order chi connectivity index (χ0) is 30.8. The number of hydrogen-bond donors (Lipinski definition) is 0. The first-order valence-electron chi connectivity index (χ1n) is 16.2. The monoisotopic (exact) mass is 587 g/mol. The van der Waals surface area contributed by atoms with E-state index in [0.29, 0.717) is 6.04 Å². The average molecular weight is 588 g/mol. The molecule has 0 aliphatic heterocycles. The third-order valence-corrected chi connectivity index (χ3v) is 9.69. The van der Waals surface area contributed by atoms with Crippen LogP contribution in [0.4, 0.5) is 0 Å². The summed E-state index contributed by atoms with van der Waals surface area (Å²) in [6.45, 7) is 4.59. The summed E-state index contributed by atoms with van der Waals surface area (Å²) in [7, 11) is 0. The molecule has 8 aromatic carbocycles. The SMILES string of the molecule is CC(C)n1c2cc(-c3c4ccccc4c(-c4cccc(-c5ccccc5)c4)c4ccccc34)ccc2c2c3ccccc3ccc21. The fourth-order valence-corrected chi connectivity index (χ4v) is 7.76. The van der Waals surface area contributed by atoms with Gasteiger partial charge in [0.2, 0.25) is 0 Å². The van der Waals surface area contributed by atoms with Gasteiger partial charge in [0.05, 0.1) is 0 Å². The van der Waals surface area contributed by atoms with Crippen molar-refractivity contribution in [3.63, 3.8) is 0 Å². The lowest BCUT2D eigenvalue weighted by Crippen LogP contribution is -2.00. The highest BCUT2D eigenvalue weighted by Crippen LogP contribution is 2.46. The van der Waals surface area contributed by atoms with Gasteiger partial charge in [-0.2, -0.15) is 0 Å². The molecule has 0 fully saturated rings. The molecule has 9 rings (SSSR count). The van der Waals surface area contributed by atoms with Crippen LogP contribution in [-0.2, 0) is 0 Å². The standard InChI is InChI=1S/C45H33N/c1-29(2)46-41-26-24-31-15-6-7-18-35(31)45(41)40-25-23-34(28-42(40)46)44-38-21-10-8-19-36(38)43(37-20-9-11-22-39(37)44)33-17-12-16-32(27-33)30-13-4-3-5-14-30/h3-29H,1-2H3. The Hall–Kier alpha value is -5.66. The highest BCUT2D eigenvalue weighted by molar-refractivity contribution is 6.24. The average Bonchev–Trinajstić information content (AvgIpc) is 3.45. The Morgan fingerprint density at radius 1 is 0.370 bits per heavy atom. The molecule has 0 unspecified atom stereocenters. The molecule has 0 radical (unpaired) electrons. The molecule has 9 aromatic rings. The molecule has 1 aromatic heterocycles. The van der Waals surface area contributed by atoms with Crippen LogP contribution in [0.2, 0.25) is 0 Å². The first-order chi connectivity index (χ1) is 22.7. The molecule has 0 spiro atoms. The van der Waals surface area contributed by atoms with E-state index in [1.54, 1.807) is 0 Å². The van der Waals surface area contributed by atoms with Crippen molar-refractivity contribution in [2.24, 2.45) is 0 Å². The largest absolute Gasteiger partial charge is 0.338 e. The summed E-state index contributed by atoms with van der Waals surface area (Å²) in [5.74, 6) is 0. The van der Waals surface area contributed by atoms with Gasteiger partial charge in [-0.15, -0.1) is 0 Å². The van der Waals surface area contributed by atoms with Crippen molar-refractivity contribution < 1.29 is 0 Å². The second-order valence-electron chi connectivity index (χ2n) is 12.7. The fourth-order valence-electron chi connectivity index (χ4n) is 7.76. The van der Waals surface area contributed by atoms with Crippen LogP contribution in [0.1, 0.15) is 19.9 Å². The molecule has 0 atom stereocenters. The third-order valence-electron chi connectivity index (χ3n) is 9.69. The maximum absolute atomic E-state index is 2.52. The Labute approximate surface area is 269 Å². The summed E-state index contributed by atoms with van der Waals surface area (Å²) in [6, 6.07) is 58.4. The molecule has 0 amide bonds. The van der Waals surface area contributed by atoms with Crippen LogP contribution in [0.15, 0.2) is 158 Å². The number of aromatic nitrogens is 1. The number of benzene rings is 8. The summed E-state index contributed by atoms with van der Waals surface area (Å²) < 4.78 is 2.52. The molecule has 46 heavy (non-hydrogen) atoms. The van der Waals surface area contributed by atoms with Crippen LogP contribution < -0.4 is 0 Å². The van der Waals surface area contributed by atoms with Crippen molar-refractivity contribution in [2.75, 3.05) is 0 Å². The highest BCUT2D eigenvalue weighted by atomic mass is 15.0. The summed E-state index contributed by atoms with van der Waals surface area (Å²) in [4.78, 5) is 0. The van der Waals surface area contributed by atoms with E-state index in [1.165, 1.54) is 87.5 Å². The van der Waals surface area contributed by atoms with E-state index in [0.717, 1.165) is 0 Å². The van der Waals surface area contributed by atoms with Crippen LogP contribution in [0.3, 0.4) is 0 Å². The zero-order valence-corrected chi connectivity index (χ0v) is 26.0. The van der Waals surface area contributed by atoms with Crippen LogP contribution in [0, 0.1) is 0 Å². The summed E-state index contributed by atoms with van der Waals surface area (Å²) in [6.07, 6.45) is 0. The van der Waals surface area contributed by atoms with E-state index in [1.807, 2.05) is 0 Å². The molecule has 0 aliphatic carbocycles. The van der Waals surface area contributed by atoms with Crippen LogP contribution in [-0.4, -0.2) is 4.57 Å². The first-order valence-corrected chi connectivity index (χ1v) is 16.2. The molecule has 0 N–H and O–H groups in total. The van der Waals surface area contributed by atoms with Gasteiger partial charge in [-0.3, -0.25) is 0 Å². The predicted molar refractivity (Wildman–Crippen MR) is 199 cm³/mol. The van der Waals surface area contributed by atoms with Crippen molar-refractivity contribution in [3.8, 4) is 33.4 Å². The fraction of sp³-hybridized carbons (Fsp3) is 0.0667. The Kier molecular flexibility index (Phi) is 6.08. The zero-order valence-electron chi connectivity index (χ0n) is 26.0. The first kappa shape index (κ1) is 26.7. The molecule has 218 valence electrons. The second-order valence-corrected chi connectivity index (χ2v) is 12.7. The maximum atomic E-state index is 2.52. The Morgan fingerprint density at radius 3 is 1.57 bits per heavy atom. The van der Waals surface area contributed by atoms with Gasteiger partial charge >= 0.3 is 0 Å². The van der Waals surface area contributed by atoms with Crippen molar-refractivity contribution in [2.45, 2.75) is 19.9 Å². The summed E-state index contributed by atoms with van der Waals surface area (Å²) in [5, 5.41) is 10.4. The minimum atomic E-state index is 0.323. The van der Waals surface area contributed by atoms with Gasteiger partial charge in [0, 0.05) is 27.8 Å². The van der Waals surface area contributed by atoms with Crippen LogP contribution >= 0.6 is 0 Å². The number of nitrogens with zero attached hydrogens (tertiary/aromatic N) is 1. The van der Waals surface area contributed by atoms with E-state index >= 15 is 0 Å². The lowest BCUT2D eigenvalue weighted by atomic mass is 9.85. The Balaban J connectivity index is 1.35. The van der Waals surface area contributed by atoms with E-state index in [2.05, 4.69) is 176 Å². The molecule has 1 heterocycles. The molecule has 0 aliphatic rings. The Bertz CT molecular complexity index is 2550. The molecule has 0 saturated heterocycles. The van der Waals surface area contributed by atoms with E-state index in [4.69, 9.17) is 0 Å². The summed E-state index contributed by atoms with van der Waals surface area (Å²) in [5.41, 5.74) is 10.1. The predicted octanol–water partition coefficient (Wildman–Crippen LogP) is 12.8. The van der Waals surface area contributed by atoms with Gasteiger partial charge in [0.25, 0.3) is 0 Å². The number of fused-ring (bicyclic) bond motifs is 7. The van der Waals surface area contributed by atoms with Gasteiger partial charge in [-0.05, 0) is 97.7 Å². The van der Waals surface area contributed by atoms with Crippen LogP contribution in [0.5, 0.6) is 0 Å². The van der Waals surface area contributed by atoms with Gasteiger partial charge in [0.1, 0.15) is 0 Å². The number of hydrogen-bond acceptors (Lipinski definition) is 0. The van der Waals surface area contributed by atoms with E-state index in [-0.39, 0.29) is 0 Å². The van der Waals surface area contributed by atoms with E-state index < -0.39 is 0 Å². The normalized spacial score (nSPS) is 11.9.